The Labute approximate surface area is 136 Å². The van der Waals surface area contributed by atoms with E-state index in [4.69, 9.17) is 9.47 Å². The predicted octanol–water partition coefficient (Wildman–Crippen LogP) is 3.72. The van der Waals surface area contributed by atoms with Gasteiger partial charge in [0.25, 0.3) is 0 Å². The Morgan fingerprint density at radius 1 is 1.04 bits per heavy atom. The molecule has 0 N–H and O–H groups in total. The molecule has 0 unspecified atom stereocenters. The quantitative estimate of drug-likeness (QED) is 0.790. The van der Waals surface area contributed by atoms with Crippen molar-refractivity contribution in [2.45, 2.75) is 20.8 Å². The summed E-state index contributed by atoms with van der Waals surface area (Å²) in [7, 11) is 1.33. The molecular weight excluding hydrogens is 292 g/mol. The molecule has 0 atom stereocenters. The molecule has 0 aliphatic carbocycles. The Balaban J connectivity index is 2.62. The van der Waals surface area contributed by atoms with E-state index in [2.05, 4.69) is 0 Å². The normalized spacial score (nSPS) is 10.3. The topological polar surface area (TPSA) is 52.6 Å². The van der Waals surface area contributed by atoms with Crippen LogP contribution >= 0.6 is 0 Å². The lowest BCUT2D eigenvalue weighted by atomic mass is 9.93. The molecule has 0 aliphatic heterocycles. The van der Waals surface area contributed by atoms with E-state index in [0.717, 1.165) is 22.3 Å². The summed E-state index contributed by atoms with van der Waals surface area (Å²) in [5.41, 5.74) is 4.11. The van der Waals surface area contributed by atoms with Gasteiger partial charge in [-0.1, -0.05) is 30.3 Å². The summed E-state index contributed by atoms with van der Waals surface area (Å²) in [6.07, 6.45) is 0. The van der Waals surface area contributed by atoms with Crippen LogP contribution in [0.25, 0.3) is 11.1 Å². The van der Waals surface area contributed by atoms with Gasteiger partial charge in [-0.2, -0.15) is 0 Å². The Kier molecular flexibility index (Phi) is 5.16. The van der Waals surface area contributed by atoms with Crippen molar-refractivity contribution in [1.29, 1.82) is 0 Å². The molecule has 0 fully saturated rings. The predicted molar refractivity (Wildman–Crippen MR) is 88.9 cm³/mol. The number of methoxy groups -OCH3 is 1. The van der Waals surface area contributed by atoms with Gasteiger partial charge in [0.2, 0.25) is 0 Å². The fourth-order valence-electron chi connectivity index (χ4n) is 2.43. The standard InChI is InChI=1S/C19H20O4/c1-12(20)11-23-18-14(3)13(2)16(10-17(18)19(21)22-4)15-8-6-5-7-9-15/h5-10H,11H2,1-4H3. The fraction of sp³-hybridized carbons (Fsp3) is 0.263. The highest BCUT2D eigenvalue weighted by atomic mass is 16.5. The molecule has 0 saturated carbocycles. The zero-order valence-electron chi connectivity index (χ0n) is 13.8. The fourth-order valence-corrected chi connectivity index (χ4v) is 2.43. The summed E-state index contributed by atoms with van der Waals surface area (Å²) < 4.78 is 10.4. The smallest absolute Gasteiger partial charge is 0.341 e. The molecule has 23 heavy (non-hydrogen) atoms. The average Bonchev–Trinajstić information content (AvgIpc) is 2.56. The van der Waals surface area contributed by atoms with E-state index >= 15 is 0 Å². The monoisotopic (exact) mass is 312 g/mol. The first-order valence-corrected chi connectivity index (χ1v) is 7.36. The van der Waals surface area contributed by atoms with Crippen LogP contribution in [0.4, 0.5) is 0 Å². The van der Waals surface area contributed by atoms with E-state index in [1.165, 1.54) is 14.0 Å². The number of esters is 1. The minimum atomic E-state index is -0.483. The van der Waals surface area contributed by atoms with Gasteiger partial charge in [0.1, 0.15) is 17.9 Å². The molecular formula is C19H20O4. The molecule has 0 spiro atoms. The second-order valence-corrected chi connectivity index (χ2v) is 5.40. The highest BCUT2D eigenvalue weighted by molar-refractivity contribution is 5.95. The number of carbonyl (C=O) groups excluding carboxylic acids is 2. The van der Waals surface area contributed by atoms with Crippen LogP contribution in [-0.4, -0.2) is 25.5 Å². The van der Waals surface area contributed by atoms with Crippen LogP contribution < -0.4 is 4.74 Å². The Morgan fingerprint density at radius 3 is 2.26 bits per heavy atom. The van der Waals surface area contributed by atoms with Gasteiger partial charge < -0.3 is 9.47 Å². The lowest BCUT2D eigenvalue weighted by Gasteiger charge is -2.18. The summed E-state index contributed by atoms with van der Waals surface area (Å²) in [5.74, 6) is -0.182. The summed E-state index contributed by atoms with van der Waals surface area (Å²) >= 11 is 0. The van der Waals surface area contributed by atoms with Crippen molar-refractivity contribution in [1.82, 2.24) is 0 Å². The van der Waals surface area contributed by atoms with Crippen molar-refractivity contribution in [3.05, 3.63) is 53.1 Å². The Bertz CT molecular complexity index is 733. The van der Waals surface area contributed by atoms with Crippen LogP contribution in [-0.2, 0) is 9.53 Å². The van der Waals surface area contributed by atoms with Gasteiger partial charge in [-0.3, -0.25) is 4.79 Å². The third kappa shape index (κ3) is 3.59. The molecule has 0 bridgehead atoms. The average molecular weight is 312 g/mol. The number of hydrogen-bond acceptors (Lipinski definition) is 4. The van der Waals surface area contributed by atoms with E-state index in [1.807, 2.05) is 44.2 Å². The Morgan fingerprint density at radius 2 is 1.70 bits per heavy atom. The van der Waals surface area contributed by atoms with Crippen LogP contribution in [0.5, 0.6) is 5.75 Å². The molecule has 0 aliphatic rings. The van der Waals surface area contributed by atoms with E-state index in [-0.39, 0.29) is 12.4 Å². The van der Waals surface area contributed by atoms with Gasteiger partial charge in [0, 0.05) is 0 Å². The number of carbonyl (C=O) groups is 2. The maximum Gasteiger partial charge on any atom is 0.341 e. The van der Waals surface area contributed by atoms with E-state index < -0.39 is 5.97 Å². The molecule has 0 amide bonds. The number of ether oxygens (including phenoxy) is 2. The first kappa shape index (κ1) is 16.7. The number of Topliss-reactive ketones (excluding diaryl/α,β-unsaturated/α-hetero) is 1. The van der Waals surface area contributed by atoms with Gasteiger partial charge >= 0.3 is 5.97 Å². The van der Waals surface area contributed by atoms with Gasteiger partial charge in [0.05, 0.1) is 7.11 Å². The minimum absolute atomic E-state index is 0.0744. The lowest BCUT2D eigenvalue weighted by Crippen LogP contribution is -2.13. The number of ketones is 1. The third-order valence-corrected chi connectivity index (χ3v) is 3.75. The first-order chi connectivity index (χ1) is 11.0. The molecule has 0 radical (unpaired) electrons. The summed E-state index contributed by atoms with van der Waals surface area (Å²) in [6, 6.07) is 11.6. The summed E-state index contributed by atoms with van der Waals surface area (Å²) in [5, 5.41) is 0. The zero-order valence-corrected chi connectivity index (χ0v) is 13.8. The van der Waals surface area contributed by atoms with Crippen LogP contribution in [0.2, 0.25) is 0 Å². The summed E-state index contributed by atoms with van der Waals surface area (Å²) in [6.45, 7) is 5.22. The van der Waals surface area contributed by atoms with Crippen molar-refractivity contribution in [3.8, 4) is 16.9 Å². The third-order valence-electron chi connectivity index (χ3n) is 3.75. The lowest BCUT2D eigenvalue weighted by molar-refractivity contribution is -0.118. The van der Waals surface area contributed by atoms with Crippen LogP contribution in [0, 0.1) is 13.8 Å². The van der Waals surface area contributed by atoms with Gasteiger partial charge in [-0.05, 0) is 49.1 Å². The van der Waals surface area contributed by atoms with Crippen molar-refractivity contribution in [2.24, 2.45) is 0 Å². The molecule has 0 aromatic heterocycles. The van der Waals surface area contributed by atoms with E-state index in [0.29, 0.717) is 11.3 Å². The van der Waals surface area contributed by atoms with Crippen molar-refractivity contribution in [3.63, 3.8) is 0 Å². The van der Waals surface area contributed by atoms with E-state index in [9.17, 15) is 9.59 Å². The molecule has 2 aromatic carbocycles. The molecule has 4 nitrogen and oxygen atoms in total. The van der Waals surface area contributed by atoms with Gasteiger partial charge in [-0.25, -0.2) is 4.79 Å². The maximum atomic E-state index is 12.1. The second-order valence-electron chi connectivity index (χ2n) is 5.40. The van der Waals surface area contributed by atoms with Crippen LogP contribution in [0.15, 0.2) is 36.4 Å². The van der Waals surface area contributed by atoms with Crippen LogP contribution in [0.3, 0.4) is 0 Å². The van der Waals surface area contributed by atoms with Crippen molar-refractivity contribution >= 4 is 11.8 Å². The van der Waals surface area contributed by atoms with Gasteiger partial charge in [0.15, 0.2) is 5.78 Å². The second kappa shape index (κ2) is 7.09. The van der Waals surface area contributed by atoms with Gasteiger partial charge in [-0.15, -0.1) is 0 Å². The first-order valence-electron chi connectivity index (χ1n) is 7.36. The molecule has 0 heterocycles. The zero-order chi connectivity index (χ0) is 17.0. The largest absolute Gasteiger partial charge is 0.485 e. The molecule has 4 heteroatoms. The molecule has 120 valence electrons. The SMILES string of the molecule is COC(=O)c1cc(-c2ccccc2)c(C)c(C)c1OCC(C)=O. The number of rotatable bonds is 5. The number of benzene rings is 2. The summed E-state index contributed by atoms with van der Waals surface area (Å²) in [4.78, 5) is 23.4. The Hall–Kier alpha value is -2.62. The van der Waals surface area contributed by atoms with Crippen molar-refractivity contribution < 1.29 is 19.1 Å². The maximum absolute atomic E-state index is 12.1. The number of hydrogen-bond donors (Lipinski definition) is 0. The molecule has 0 saturated heterocycles. The van der Waals surface area contributed by atoms with Crippen LogP contribution in [0.1, 0.15) is 28.4 Å². The van der Waals surface area contributed by atoms with Crippen molar-refractivity contribution in [2.75, 3.05) is 13.7 Å². The highest BCUT2D eigenvalue weighted by Crippen LogP contribution is 2.35. The minimum Gasteiger partial charge on any atom is -0.485 e. The molecule has 2 aromatic rings. The highest BCUT2D eigenvalue weighted by Gasteiger charge is 2.20. The van der Waals surface area contributed by atoms with E-state index in [1.54, 1.807) is 6.07 Å². The molecule has 2 rings (SSSR count).